The number of hydrogen-bond acceptors (Lipinski definition) is 2. The van der Waals surface area contributed by atoms with E-state index < -0.39 is 0 Å². The molecule has 1 aliphatic rings. The summed E-state index contributed by atoms with van der Waals surface area (Å²) in [7, 11) is 0. The fourth-order valence-corrected chi connectivity index (χ4v) is 1.56. The lowest BCUT2D eigenvalue weighted by Gasteiger charge is -2.06. The Balaban J connectivity index is 1.82. The highest BCUT2D eigenvalue weighted by Gasteiger charge is 2.23. The van der Waals surface area contributed by atoms with Crippen LogP contribution in [0, 0.1) is 6.92 Å². The Labute approximate surface area is 100 Å². The third kappa shape index (κ3) is 3.59. The van der Waals surface area contributed by atoms with Gasteiger partial charge in [0.2, 0.25) is 5.91 Å². The molecule has 1 saturated carbocycles. The fraction of sp³-hybridized carbons (Fsp3) is 0.385. The fourth-order valence-electron chi connectivity index (χ4n) is 1.56. The van der Waals surface area contributed by atoms with Gasteiger partial charge in [0.25, 0.3) is 5.91 Å². The van der Waals surface area contributed by atoms with E-state index in [1.807, 2.05) is 19.1 Å². The Morgan fingerprint density at radius 1 is 1.35 bits per heavy atom. The van der Waals surface area contributed by atoms with Crippen LogP contribution in [0.15, 0.2) is 24.3 Å². The molecule has 1 fully saturated rings. The monoisotopic (exact) mass is 232 g/mol. The number of rotatable bonds is 4. The van der Waals surface area contributed by atoms with Crippen LogP contribution in [0.25, 0.3) is 0 Å². The van der Waals surface area contributed by atoms with E-state index in [1.54, 1.807) is 12.1 Å². The van der Waals surface area contributed by atoms with Gasteiger partial charge in [-0.25, -0.2) is 0 Å². The normalized spacial score (nSPS) is 14.2. The van der Waals surface area contributed by atoms with E-state index in [4.69, 9.17) is 0 Å². The van der Waals surface area contributed by atoms with E-state index in [0.717, 1.165) is 18.4 Å². The van der Waals surface area contributed by atoms with Crippen molar-refractivity contribution in [2.75, 3.05) is 6.54 Å². The van der Waals surface area contributed by atoms with Crippen molar-refractivity contribution >= 4 is 11.8 Å². The topological polar surface area (TPSA) is 58.2 Å². The number of aryl methyl sites for hydroxylation is 1. The number of benzene rings is 1. The van der Waals surface area contributed by atoms with Crippen molar-refractivity contribution in [3.63, 3.8) is 0 Å². The molecule has 0 bridgehead atoms. The summed E-state index contributed by atoms with van der Waals surface area (Å²) in [6, 6.07) is 7.62. The highest BCUT2D eigenvalue weighted by molar-refractivity contribution is 5.96. The predicted molar refractivity (Wildman–Crippen MR) is 64.7 cm³/mol. The SMILES string of the molecule is Cc1cccc(C(=O)NCC(=O)NC2CC2)c1. The Hall–Kier alpha value is -1.84. The first-order valence-corrected chi connectivity index (χ1v) is 5.79. The van der Waals surface area contributed by atoms with Crippen LogP contribution in [0.1, 0.15) is 28.8 Å². The summed E-state index contributed by atoms with van der Waals surface area (Å²) in [6.45, 7) is 1.97. The van der Waals surface area contributed by atoms with Crippen molar-refractivity contribution in [2.24, 2.45) is 0 Å². The molecule has 90 valence electrons. The lowest BCUT2D eigenvalue weighted by Crippen LogP contribution is -2.37. The molecule has 0 aromatic heterocycles. The molecule has 1 aromatic rings. The number of nitrogens with one attached hydrogen (secondary N) is 2. The Bertz CT molecular complexity index is 439. The van der Waals surface area contributed by atoms with Crippen molar-refractivity contribution in [1.82, 2.24) is 10.6 Å². The Morgan fingerprint density at radius 2 is 2.12 bits per heavy atom. The minimum absolute atomic E-state index is 0.0449. The van der Waals surface area contributed by atoms with Gasteiger partial charge < -0.3 is 10.6 Å². The molecule has 0 atom stereocenters. The second-order valence-corrected chi connectivity index (χ2v) is 4.39. The van der Waals surface area contributed by atoms with Crippen LogP contribution in [0.5, 0.6) is 0 Å². The van der Waals surface area contributed by atoms with Crippen molar-refractivity contribution < 1.29 is 9.59 Å². The summed E-state index contributed by atoms with van der Waals surface area (Å²) in [4.78, 5) is 23.1. The van der Waals surface area contributed by atoms with Gasteiger partial charge in [-0.15, -0.1) is 0 Å². The maximum absolute atomic E-state index is 11.7. The Kier molecular flexibility index (Phi) is 3.42. The molecule has 2 N–H and O–H groups in total. The number of carbonyl (C=O) groups excluding carboxylic acids is 2. The van der Waals surface area contributed by atoms with Gasteiger partial charge in [0.1, 0.15) is 0 Å². The molecule has 17 heavy (non-hydrogen) atoms. The maximum atomic E-state index is 11.7. The zero-order valence-electron chi connectivity index (χ0n) is 9.82. The van der Waals surface area contributed by atoms with Crippen LogP contribution < -0.4 is 10.6 Å². The zero-order valence-corrected chi connectivity index (χ0v) is 9.82. The molecule has 2 amide bonds. The molecule has 4 heteroatoms. The van der Waals surface area contributed by atoms with Crippen molar-refractivity contribution in [1.29, 1.82) is 0 Å². The lowest BCUT2D eigenvalue weighted by molar-refractivity contribution is -0.120. The van der Waals surface area contributed by atoms with Crippen molar-refractivity contribution in [3.05, 3.63) is 35.4 Å². The van der Waals surface area contributed by atoms with Crippen LogP contribution in [0.2, 0.25) is 0 Å². The van der Waals surface area contributed by atoms with Gasteiger partial charge >= 0.3 is 0 Å². The van der Waals surface area contributed by atoms with Crippen molar-refractivity contribution in [2.45, 2.75) is 25.8 Å². The minimum Gasteiger partial charge on any atom is -0.352 e. The number of amides is 2. The highest BCUT2D eigenvalue weighted by Crippen LogP contribution is 2.18. The van der Waals surface area contributed by atoms with Gasteiger partial charge in [0, 0.05) is 11.6 Å². The summed E-state index contributed by atoms with van der Waals surface area (Å²) >= 11 is 0. The van der Waals surface area contributed by atoms with Gasteiger partial charge in [-0.2, -0.15) is 0 Å². The second-order valence-electron chi connectivity index (χ2n) is 4.39. The molecule has 1 aliphatic carbocycles. The van der Waals surface area contributed by atoms with E-state index in [2.05, 4.69) is 10.6 Å². The second kappa shape index (κ2) is 4.99. The molecule has 0 aliphatic heterocycles. The molecule has 1 aromatic carbocycles. The molecule has 4 nitrogen and oxygen atoms in total. The third-order valence-corrected chi connectivity index (χ3v) is 2.63. The zero-order chi connectivity index (χ0) is 12.3. The first-order valence-electron chi connectivity index (χ1n) is 5.79. The molecule has 0 heterocycles. The Morgan fingerprint density at radius 3 is 2.76 bits per heavy atom. The van der Waals surface area contributed by atoms with Gasteiger partial charge in [0.15, 0.2) is 0 Å². The average molecular weight is 232 g/mol. The van der Waals surface area contributed by atoms with Crippen LogP contribution >= 0.6 is 0 Å². The lowest BCUT2D eigenvalue weighted by atomic mass is 10.1. The number of hydrogen-bond donors (Lipinski definition) is 2. The standard InChI is InChI=1S/C13H16N2O2/c1-9-3-2-4-10(7-9)13(17)14-8-12(16)15-11-5-6-11/h2-4,7,11H,5-6,8H2,1H3,(H,14,17)(H,15,16). The number of carbonyl (C=O) groups is 2. The average Bonchev–Trinajstić information content (AvgIpc) is 3.10. The van der Waals surface area contributed by atoms with E-state index >= 15 is 0 Å². The highest BCUT2D eigenvalue weighted by atomic mass is 16.2. The largest absolute Gasteiger partial charge is 0.352 e. The van der Waals surface area contributed by atoms with Crippen LogP contribution in [-0.4, -0.2) is 24.4 Å². The summed E-state index contributed by atoms with van der Waals surface area (Å²) < 4.78 is 0. The summed E-state index contributed by atoms with van der Waals surface area (Å²) in [5.41, 5.74) is 1.62. The molecule has 0 saturated heterocycles. The molecule has 2 rings (SSSR count). The van der Waals surface area contributed by atoms with Gasteiger partial charge in [-0.3, -0.25) is 9.59 Å². The van der Waals surface area contributed by atoms with Gasteiger partial charge in [0.05, 0.1) is 6.54 Å². The van der Waals surface area contributed by atoms with Gasteiger partial charge in [-0.05, 0) is 31.9 Å². The molecule has 0 unspecified atom stereocenters. The van der Waals surface area contributed by atoms with Crippen LogP contribution in [0.4, 0.5) is 0 Å². The van der Waals surface area contributed by atoms with Crippen LogP contribution in [0.3, 0.4) is 0 Å². The van der Waals surface area contributed by atoms with E-state index in [9.17, 15) is 9.59 Å². The third-order valence-electron chi connectivity index (χ3n) is 2.63. The van der Waals surface area contributed by atoms with E-state index in [1.165, 1.54) is 0 Å². The van der Waals surface area contributed by atoms with E-state index in [0.29, 0.717) is 11.6 Å². The summed E-state index contributed by atoms with van der Waals surface area (Å²) in [5, 5.41) is 5.43. The van der Waals surface area contributed by atoms with Crippen LogP contribution in [-0.2, 0) is 4.79 Å². The van der Waals surface area contributed by atoms with E-state index in [-0.39, 0.29) is 18.4 Å². The first-order chi connectivity index (χ1) is 8.15. The molecular formula is C13H16N2O2. The first kappa shape index (κ1) is 11.6. The molecular weight excluding hydrogens is 216 g/mol. The predicted octanol–water partition coefficient (Wildman–Crippen LogP) is 1.00. The van der Waals surface area contributed by atoms with Crippen molar-refractivity contribution in [3.8, 4) is 0 Å². The molecule has 0 radical (unpaired) electrons. The molecule has 0 spiro atoms. The smallest absolute Gasteiger partial charge is 0.251 e. The maximum Gasteiger partial charge on any atom is 0.251 e. The summed E-state index contributed by atoms with van der Waals surface area (Å²) in [6.07, 6.45) is 2.11. The minimum atomic E-state index is -0.209. The van der Waals surface area contributed by atoms with Gasteiger partial charge in [-0.1, -0.05) is 17.7 Å². The quantitative estimate of drug-likeness (QED) is 0.813. The summed E-state index contributed by atoms with van der Waals surface area (Å²) in [5.74, 6) is -0.326.